The van der Waals surface area contributed by atoms with Crippen molar-refractivity contribution in [1.29, 1.82) is 0 Å². The molecule has 1 fully saturated rings. The van der Waals surface area contributed by atoms with Crippen molar-refractivity contribution < 1.29 is 8.42 Å². The zero-order valence-corrected chi connectivity index (χ0v) is 15.5. The molecular formula is C21H19N3O2S. The normalized spacial score (nSPS) is 23.1. The molecule has 0 unspecified atom stereocenters. The summed E-state index contributed by atoms with van der Waals surface area (Å²) in [5.74, 6) is 0.0358. The second kappa shape index (κ2) is 6.25. The number of likely N-dealkylation sites (tertiary alicyclic amines) is 1. The van der Waals surface area contributed by atoms with Gasteiger partial charge in [-0.3, -0.25) is 14.9 Å². The first-order valence-corrected chi connectivity index (χ1v) is 10.6. The number of sulfone groups is 1. The minimum absolute atomic E-state index is 0.0358. The highest BCUT2D eigenvalue weighted by molar-refractivity contribution is 7.92. The Labute approximate surface area is 158 Å². The van der Waals surface area contributed by atoms with Gasteiger partial charge in [-0.05, 0) is 58.7 Å². The molecule has 2 aliphatic rings. The van der Waals surface area contributed by atoms with E-state index in [0.717, 1.165) is 35.3 Å². The summed E-state index contributed by atoms with van der Waals surface area (Å²) in [6, 6.07) is 13.6. The zero-order valence-electron chi connectivity index (χ0n) is 14.7. The highest BCUT2D eigenvalue weighted by Crippen LogP contribution is 2.46. The van der Waals surface area contributed by atoms with Crippen molar-refractivity contribution >= 4 is 9.84 Å². The highest BCUT2D eigenvalue weighted by atomic mass is 32.2. The molecule has 136 valence electrons. The van der Waals surface area contributed by atoms with Crippen LogP contribution in [0.25, 0.3) is 11.1 Å². The third-order valence-corrected chi connectivity index (χ3v) is 7.88. The van der Waals surface area contributed by atoms with Crippen LogP contribution in [0.1, 0.15) is 17.0 Å². The molecule has 5 nitrogen and oxygen atoms in total. The number of aromatic nitrogens is 2. The van der Waals surface area contributed by atoms with Crippen LogP contribution in [0.15, 0.2) is 72.1 Å². The van der Waals surface area contributed by atoms with Crippen molar-refractivity contribution in [2.24, 2.45) is 0 Å². The lowest BCUT2D eigenvalue weighted by Gasteiger charge is -2.17. The van der Waals surface area contributed by atoms with Crippen LogP contribution in [0.2, 0.25) is 0 Å². The van der Waals surface area contributed by atoms with Gasteiger partial charge in [-0.2, -0.15) is 0 Å². The van der Waals surface area contributed by atoms with E-state index in [1.54, 1.807) is 30.9 Å². The van der Waals surface area contributed by atoms with E-state index in [-0.39, 0.29) is 11.2 Å². The monoisotopic (exact) mass is 377 g/mol. The van der Waals surface area contributed by atoms with Crippen molar-refractivity contribution in [3.8, 4) is 11.1 Å². The topological polar surface area (TPSA) is 63.2 Å². The SMILES string of the molecule is O=S1(=O)c2ccc(-c3ccncc3)cc2[C@H]2CN(Cc3ccncc3)C[C@@H]21. The predicted octanol–water partition coefficient (Wildman–Crippen LogP) is 2.90. The summed E-state index contributed by atoms with van der Waals surface area (Å²) in [4.78, 5) is 10.9. The predicted molar refractivity (Wildman–Crippen MR) is 103 cm³/mol. The van der Waals surface area contributed by atoms with Gasteiger partial charge in [-0.25, -0.2) is 8.42 Å². The van der Waals surface area contributed by atoms with Gasteiger partial charge in [-0.1, -0.05) is 6.07 Å². The van der Waals surface area contributed by atoms with E-state index in [1.807, 2.05) is 30.3 Å². The number of hydrogen-bond acceptors (Lipinski definition) is 5. The molecule has 0 amide bonds. The quantitative estimate of drug-likeness (QED) is 0.702. The van der Waals surface area contributed by atoms with E-state index in [4.69, 9.17) is 0 Å². The van der Waals surface area contributed by atoms with E-state index < -0.39 is 9.84 Å². The van der Waals surface area contributed by atoms with Crippen LogP contribution in [0.4, 0.5) is 0 Å². The molecule has 27 heavy (non-hydrogen) atoms. The van der Waals surface area contributed by atoms with Gasteiger partial charge in [-0.15, -0.1) is 0 Å². The van der Waals surface area contributed by atoms with Gasteiger partial charge >= 0.3 is 0 Å². The lowest BCUT2D eigenvalue weighted by atomic mass is 9.95. The van der Waals surface area contributed by atoms with E-state index in [2.05, 4.69) is 20.9 Å². The molecule has 0 saturated carbocycles. The third kappa shape index (κ3) is 2.76. The van der Waals surface area contributed by atoms with Gasteiger partial charge in [0.05, 0.1) is 10.1 Å². The molecule has 0 N–H and O–H groups in total. The fourth-order valence-corrected chi connectivity index (χ4v) is 6.52. The smallest absolute Gasteiger partial charge is 0.183 e. The molecule has 2 aliphatic heterocycles. The minimum atomic E-state index is -3.27. The first-order valence-electron chi connectivity index (χ1n) is 9.02. The van der Waals surface area contributed by atoms with Crippen molar-refractivity contribution in [3.05, 3.63) is 78.4 Å². The summed E-state index contributed by atoms with van der Waals surface area (Å²) >= 11 is 0. The Morgan fingerprint density at radius 1 is 0.889 bits per heavy atom. The molecule has 2 atom stereocenters. The number of rotatable bonds is 3. The van der Waals surface area contributed by atoms with Gasteiger partial charge in [0.1, 0.15) is 0 Å². The summed E-state index contributed by atoms with van der Waals surface area (Å²) in [5, 5.41) is -0.345. The average molecular weight is 377 g/mol. The molecule has 0 radical (unpaired) electrons. The molecule has 0 aliphatic carbocycles. The fraction of sp³-hybridized carbons (Fsp3) is 0.238. The summed E-state index contributed by atoms with van der Waals surface area (Å²) in [5.41, 5.74) is 4.22. The Morgan fingerprint density at radius 3 is 2.33 bits per heavy atom. The van der Waals surface area contributed by atoms with Crippen LogP contribution in [0.3, 0.4) is 0 Å². The molecule has 3 aromatic rings. The van der Waals surface area contributed by atoms with Gasteiger partial charge in [0.15, 0.2) is 9.84 Å². The molecule has 1 saturated heterocycles. The number of benzene rings is 1. The van der Waals surface area contributed by atoms with Crippen LogP contribution in [-0.4, -0.2) is 41.6 Å². The van der Waals surface area contributed by atoms with Crippen LogP contribution in [-0.2, 0) is 16.4 Å². The van der Waals surface area contributed by atoms with Crippen LogP contribution in [0.5, 0.6) is 0 Å². The first kappa shape index (κ1) is 16.6. The number of nitrogens with zero attached hydrogens (tertiary/aromatic N) is 3. The van der Waals surface area contributed by atoms with Gasteiger partial charge in [0.25, 0.3) is 0 Å². The number of hydrogen-bond donors (Lipinski definition) is 0. The Balaban J connectivity index is 1.49. The summed E-state index contributed by atoms with van der Waals surface area (Å²) in [6.07, 6.45) is 7.07. The zero-order chi connectivity index (χ0) is 18.4. The Hall–Kier alpha value is -2.57. The maximum Gasteiger partial charge on any atom is 0.183 e. The Kier molecular flexibility index (Phi) is 3.84. The summed E-state index contributed by atoms with van der Waals surface area (Å²) in [7, 11) is -3.27. The second-order valence-electron chi connectivity index (χ2n) is 7.23. The molecule has 0 bridgehead atoms. The molecule has 0 spiro atoms. The minimum Gasteiger partial charge on any atom is -0.297 e. The molecule has 2 aromatic heterocycles. The number of fused-ring (bicyclic) bond motifs is 3. The van der Waals surface area contributed by atoms with Gasteiger partial charge in [0, 0.05) is 50.3 Å². The van der Waals surface area contributed by atoms with Gasteiger partial charge < -0.3 is 0 Å². The molecular weight excluding hydrogens is 358 g/mol. The highest BCUT2D eigenvalue weighted by Gasteiger charge is 2.50. The van der Waals surface area contributed by atoms with Crippen LogP contribution in [0, 0.1) is 0 Å². The van der Waals surface area contributed by atoms with Crippen molar-refractivity contribution in [1.82, 2.24) is 14.9 Å². The van der Waals surface area contributed by atoms with E-state index in [0.29, 0.717) is 11.4 Å². The van der Waals surface area contributed by atoms with Crippen LogP contribution < -0.4 is 0 Å². The average Bonchev–Trinajstić information content (AvgIpc) is 3.21. The van der Waals surface area contributed by atoms with E-state index >= 15 is 0 Å². The Morgan fingerprint density at radius 2 is 1.59 bits per heavy atom. The third-order valence-electron chi connectivity index (χ3n) is 5.63. The lowest BCUT2D eigenvalue weighted by Crippen LogP contribution is -2.25. The standard InChI is InChI=1S/C21H19N3O2S/c25-27(26)20-2-1-17(16-5-9-23-10-6-16)11-18(20)19-13-24(14-21(19)27)12-15-3-7-22-8-4-15/h1-11,19,21H,12-14H2/t19-,21+/m1/s1. The van der Waals surface area contributed by atoms with Crippen molar-refractivity contribution in [2.75, 3.05) is 13.1 Å². The summed E-state index contributed by atoms with van der Waals surface area (Å²) in [6.45, 7) is 2.10. The van der Waals surface area contributed by atoms with E-state index in [1.165, 1.54) is 0 Å². The molecule has 6 heteroatoms. The van der Waals surface area contributed by atoms with Gasteiger partial charge in [0.2, 0.25) is 0 Å². The van der Waals surface area contributed by atoms with E-state index in [9.17, 15) is 8.42 Å². The lowest BCUT2D eigenvalue weighted by molar-refractivity contribution is 0.325. The largest absolute Gasteiger partial charge is 0.297 e. The Bertz CT molecular complexity index is 1080. The maximum atomic E-state index is 13.1. The summed E-state index contributed by atoms with van der Waals surface area (Å²) < 4.78 is 26.1. The van der Waals surface area contributed by atoms with Crippen LogP contribution >= 0.6 is 0 Å². The first-order chi connectivity index (χ1) is 13.1. The fourth-order valence-electron chi connectivity index (χ4n) is 4.32. The molecule has 1 aromatic carbocycles. The maximum absolute atomic E-state index is 13.1. The van der Waals surface area contributed by atoms with Crippen molar-refractivity contribution in [2.45, 2.75) is 22.6 Å². The molecule has 4 heterocycles. The second-order valence-corrected chi connectivity index (χ2v) is 9.36. The van der Waals surface area contributed by atoms with Crippen molar-refractivity contribution in [3.63, 3.8) is 0 Å². The number of pyridine rings is 2. The molecule has 5 rings (SSSR count).